The van der Waals surface area contributed by atoms with Crippen molar-refractivity contribution in [3.8, 4) is 0 Å². The number of methoxy groups -OCH3 is 1. The molecule has 0 aromatic heterocycles. The largest absolute Gasteiger partial charge is 0.465 e. The van der Waals surface area contributed by atoms with E-state index in [4.69, 9.17) is 0 Å². The maximum atomic E-state index is 12.3. The molecule has 0 unspecified atom stereocenters. The van der Waals surface area contributed by atoms with Crippen molar-refractivity contribution in [2.45, 2.75) is 32.2 Å². The van der Waals surface area contributed by atoms with E-state index in [-0.39, 0.29) is 29.6 Å². The van der Waals surface area contributed by atoms with Crippen LogP contribution in [0, 0.1) is 11.8 Å². The summed E-state index contributed by atoms with van der Waals surface area (Å²) in [5.41, 5.74) is 1.42. The van der Waals surface area contributed by atoms with Crippen molar-refractivity contribution in [2.75, 3.05) is 20.2 Å². The van der Waals surface area contributed by atoms with Gasteiger partial charge in [0.25, 0.3) is 0 Å². The van der Waals surface area contributed by atoms with Gasteiger partial charge in [-0.15, -0.1) is 0 Å². The van der Waals surface area contributed by atoms with Gasteiger partial charge in [0.15, 0.2) is 0 Å². The molecule has 1 saturated carbocycles. The van der Waals surface area contributed by atoms with E-state index in [0.717, 1.165) is 31.2 Å². The van der Waals surface area contributed by atoms with Crippen LogP contribution in [0.5, 0.6) is 0 Å². The van der Waals surface area contributed by atoms with Crippen LogP contribution in [-0.2, 0) is 20.9 Å². The lowest BCUT2D eigenvalue weighted by molar-refractivity contribution is -0.136. The lowest BCUT2D eigenvalue weighted by Crippen LogP contribution is -2.43. The number of nitrogens with zero attached hydrogens (tertiary/aromatic N) is 1. The summed E-state index contributed by atoms with van der Waals surface area (Å²) in [6.45, 7) is 1.80. The third-order valence-corrected chi connectivity index (χ3v) is 4.95. The Morgan fingerprint density at radius 1 is 1.04 bits per heavy atom. The molecular weight excluding hydrogens is 320 g/mol. The molecule has 1 aromatic carbocycles. The molecule has 134 valence electrons. The second-order valence-corrected chi connectivity index (χ2v) is 6.78. The van der Waals surface area contributed by atoms with E-state index in [1.807, 2.05) is 17.0 Å². The average Bonchev–Trinajstić information content (AvgIpc) is 3.50. The molecule has 0 bridgehead atoms. The molecule has 0 atom stereocenters. The van der Waals surface area contributed by atoms with E-state index in [0.29, 0.717) is 25.2 Å². The van der Waals surface area contributed by atoms with Crippen molar-refractivity contribution in [1.82, 2.24) is 10.2 Å². The number of carbonyl (C=O) groups is 3. The molecule has 3 rings (SSSR count). The molecular formula is C19H24N2O4. The summed E-state index contributed by atoms with van der Waals surface area (Å²) in [6.07, 6.45) is 3.50. The van der Waals surface area contributed by atoms with Crippen molar-refractivity contribution in [1.29, 1.82) is 0 Å². The van der Waals surface area contributed by atoms with Gasteiger partial charge < -0.3 is 15.0 Å². The lowest BCUT2D eigenvalue weighted by Gasteiger charge is -2.31. The van der Waals surface area contributed by atoms with Gasteiger partial charge in [0.2, 0.25) is 11.8 Å². The topological polar surface area (TPSA) is 75.7 Å². The molecule has 2 amide bonds. The zero-order valence-electron chi connectivity index (χ0n) is 14.5. The van der Waals surface area contributed by atoms with Crippen LogP contribution in [0.4, 0.5) is 0 Å². The molecule has 1 saturated heterocycles. The van der Waals surface area contributed by atoms with E-state index in [1.165, 1.54) is 7.11 Å². The van der Waals surface area contributed by atoms with Crippen LogP contribution in [0.3, 0.4) is 0 Å². The number of carbonyl (C=O) groups excluding carboxylic acids is 3. The van der Waals surface area contributed by atoms with Crippen molar-refractivity contribution in [2.24, 2.45) is 11.8 Å². The fraction of sp³-hybridized carbons (Fsp3) is 0.526. The first kappa shape index (κ1) is 17.5. The van der Waals surface area contributed by atoms with Crippen LogP contribution in [-0.4, -0.2) is 42.9 Å². The zero-order valence-corrected chi connectivity index (χ0v) is 14.5. The van der Waals surface area contributed by atoms with E-state index < -0.39 is 0 Å². The molecule has 0 radical (unpaired) electrons. The van der Waals surface area contributed by atoms with Crippen molar-refractivity contribution in [3.05, 3.63) is 35.4 Å². The number of hydrogen-bond donors (Lipinski definition) is 1. The number of nitrogens with one attached hydrogen (secondary N) is 1. The van der Waals surface area contributed by atoms with Crippen LogP contribution in [0.15, 0.2) is 24.3 Å². The van der Waals surface area contributed by atoms with Crippen LogP contribution in [0.1, 0.15) is 41.6 Å². The number of benzene rings is 1. The van der Waals surface area contributed by atoms with E-state index in [9.17, 15) is 14.4 Å². The first-order chi connectivity index (χ1) is 12.1. The summed E-state index contributed by atoms with van der Waals surface area (Å²) in [5.74, 6) is 0.152. The van der Waals surface area contributed by atoms with Gasteiger partial charge in [-0.25, -0.2) is 4.79 Å². The molecule has 6 heteroatoms. The van der Waals surface area contributed by atoms with Gasteiger partial charge in [-0.1, -0.05) is 12.1 Å². The van der Waals surface area contributed by atoms with Crippen LogP contribution >= 0.6 is 0 Å². The van der Waals surface area contributed by atoms with E-state index in [1.54, 1.807) is 12.1 Å². The third-order valence-electron chi connectivity index (χ3n) is 4.95. The number of rotatable bonds is 5. The van der Waals surface area contributed by atoms with E-state index in [2.05, 4.69) is 10.1 Å². The Kier molecular flexibility index (Phi) is 5.36. The molecule has 6 nitrogen and oxygen atoms in total. The second kappa shape index (κ2) is 7.68. The molecule has 1 aliphatic heterocycles. The number of piperidine rings is 1. The van der Waals surface area contributed by atoms with Gasteiger partial charge in [0, 0.05) is 31.5 Å². The molecule has 1 aromatic rings. The van der Waals surface area contributed by atoms with Gasteiger partial charge in [-0.2, -0.15) is 0 Å². The third kappa shape index (κ3) is 4.38. The maximum Gasteiger partial charge on any atom is 0.337 e. The minimum Gasteiger partial charge on any atom is -0.465 e. The fourth-order valence-corrected chi connectivity index (χ4v) is 3.16. The van der Waals surface area contributed by atoms with Crippen LogP contribution < -0.4 is 5.32 Å². The Morgan fingerprint density at radius 3 is 2.24 bits per heavy atom. The van der Waals surface area contributed by atoms with Gasteiger partial charge in [0.1, 0.15) is 0 Å². The summed E-state index contributed by atoms with van der Waals surface area (Å²) in [6, 6.07) is 7.00. The smallest absolute Gasteiger partial charge is 0.337 e. The number of hydrogen-bond acceptors (Lipinski definition) is 4. The molecule has 2 fully saturated rings. The summed E-state index contributed by atoms with van der Waals surface area (Å²) in [5, 5.41) is 2.95. The highest BCUT2D eigenvalue weighted by Gasteiger charge is 2.35. The van der Waals surface area contributed by atoms with Gasteiger partial charge in [0.05, 0.1) is 12.7 Å². The van der Waals surface area contributed by atoms with E-state index >= 15 is 0 Å². The molecule has 0 spiro atoms. The molecule has 25 heavy (non-hydrogen) atoms. The Labute approximate surface area is 147 Å². The molecule has 1 aliphatic carbocycles. The molecule has 1 heterocycles. The van der Waals surface area contributed by atoms with Crippen molar-refractivity contribution in [3.63, 3.8) is 0 Å². The summed E-state index contributed by atoms with van der Waals surface area (Å²) < 4.78 is 4.66. The standard InChI is InChI=1S/C19H24N2O4/c1-25-19(24)16-4-2-13(3-5-16)12-20-17(22)14-8-10-21(11-9-14)18(23)15-6-7-15/h2-5,14-15H,6-12H2,1H3,(H,20,22). The molecule has 2 aliphatic rings. The maximum absolute atomic E-state index is 12.3. The van der Waals surface area contributed by atoms with Crippen LogP contribution in [0.25, 0.3) is 0 Å². The zero-order chi connectivity index (χ0) is 17.8. The Balaban J connectivity index is 1.43. The Bertz CT molecular complexity index is 644. The van der Waals surface area contributed by atoms with Gasteiger partial charge >= 0.3 is 5.97 Å². The number of esters is 1. The average molecular weight is 344 g/mol. The monoisotopic (exact) mass is 344 g/mol. The Hall–Kier alpha value is -2.37. The SMILES string of the molecule is COC(=O)c1ccc(CNC(=O)C2CCN(C(=O)C3CC3)CC2)cc1. The highest BCUT2D eigenvalue weighted by molar-refractivity contribution is 5.89. The quantitative estimate of drug-likeness (QED) is 0.826. The summed E-state index contributed by atoms with van der Waals surface area (Å²) in [7, 11) is 1.35. The predicted octanol–water partition coefficient (Wildman–Crippen LogP) is 1.74. The normalized spacial score (nSPS) is 17.9. The first-order valence-corrected chi connectivity index (χ1v) is 8.82. The summed E-state index contributed by atoms with van der Waals surface area (Å²) >= 11 is 0. The number of amides is 2. The summed E-state index contributed by atoms with van der Waals surface area (Å²) in [4.78, 5) is 37.7. The van der Waals surface area contributed by atoms with Crippen molar-refractivity contribution < 1.29 is 19.1 Å². The van der Waals surface area contributed by atoms with Crippen LogP contribution in [0.2, 0.25) is 0 Å². The highest BCUT2D eigenvalue weighted by Crippen LogP contribution is 2.32. The minimum atomic E-state index is -0.372. The Morgan fingerprint density at radius 2 is 1.68 bits per heavy atom. The van der Waals surface area contributed by atoms with Crippen molar-refractivity contribution >= 4 is 17.8 Å². The van der Waals surface area contributed by atoms with Gasteiger partial charge in [-0.05, 0) is 43.4 Å². The predicted molar refractivity (Wildman–Crippen MR) is 91.7 cm³/mol. The number of likely N-dealkylation sites (tertiary alicyclic amines) is 1. The number of ether oxygens (including phenoxy) is 1. The lowest BCUT2D eigenvalue weighted by atomic mass is 9.95. The molecule has 1 N–H and O–H groups in total. The minimum absolute atomic E-state index is 0.0300. The first-order valence-electron chi connectivity index (χ1n) is 8.82. The fourth-order valence-electron chi connectivity index (χ4n) is 3.16. The second-order valence-electron chi connectivity index (χ2n) is 6.78. The van der Waals surface area contributed by atoms with Gasteiger partial charge in [-0.3, -0.25) is 9.59 Å². The highest BCUT2D eigenvalue weighted by atomic mass is 16.5.